The summed E-state index contributed by atoms with van der Waals surface area (Å²) in [7, 11) is 0. The Morgan fingerprint density at radius 1 is 0.875 bits per heavy atom. The molecule has 0 radical (unpaired) electrons. The molecular formula is AsCu3O4. The molecule has 0 N–H and O–H groups in total. The molecule has 0 aromatic rings. The van der Waals surface area contributed by atoms with Crippen molar-refractivity contribution in [3.05, 3.63) is 0 Å². The van der Waals surface area contributed by atoms with Crippen LogP contribution < -0.4 is 12.3 Å². The van der Waals surface area contributed by atoms with Gasteiger partial charge in [0.15, 0.2) is 0 Å². The van der Waals surface area contributed by atoms with Gasteiger partial charge in [0.05, 0.1) is 0 Å². The van der Waals surface area contributed by atoms with Crippen LogP contribution in [-0.4, -0.2) is 14.5 Å². The van der Waals surface area contributed by atoms with Gasteiger partial charge in [-0.25, -0.2) is 0 Å². The number of hydrogen-bond donors (Lipinski definition) is 0. The van der Waals surface area contributed by atoms with Gasteiger partial charge in [-0.15, -0.1) is 0 Å². The van der Waals surface area contributed by atoms with Crippen molar-refractivity contribution >= 4 is 14.5 Å². The molecule has 0 atom stereocenters. The minimum atomic E-state index is -5.88. The molecule has 0 saturated carbocycles. The Labute approximate surface area is 81.2 Å². The standard InChI is InChI=1S/AsH3O4.3Cu/c2-1(3,4)5;;;/h(H3,2,3,4,5);;;/q;3*+1/p-3. The van der Waals surface area contributed by atoms with Crippen molar-refractivity contribution in [3.63, 3.8) is 0 Å². The molecule has 0 bridgehead atoms. The van der Waals surface area contributed by atoms with Gasteiger partial charge < -0.3 is 0 Å². The van der Waals surface area contributed by atoms with Crippen molar-refractivity contribution in [3.8, 4) is 0 Å². The fraction of sp³-hybridized carbons (Fsp3) is 0. The second-order valence-corrected chi connectivity index (χ2v) is 2.32. The summed E-state index contributed by atoms with van der Waals surface area (Å²) >= 11 is -5.88. The van der Waals surface area contributed by atoms with Crippen LogP contribution in [-0.2, 0) is 54.9 Å². The van der Waals surface area contributed by atoms with E-state index in [1.807, 2.05) is 0 Å². The Hall–Kier alpha value is 1.80. The summed E-state index contributed by atoms with van der Waals surface area (Å²) in [5.41, 5.74) is 0. The first-order valence-corrected chi connectivity index (χ1v) is 3.79. The van der Waals surface area contributed by atoms with Crippen molar-refractivity contribution in [1.29, 1.82) is 0 Å². The maximum atomic E-state index is 8.61. The SMILES string of the molecule is O=[As]([O-])([O-])[O-].[Cu+].[Cu+].[Cu+]. The van der Waals surface area contributed by atoms with Gasteiger partial charge in [-0.2, -0.15) is 0 Å². The maximum absolute atomic E-state index is 8.61. The number of rotatable bonds is 0. The largest absolute Gasteiger partial charge is 1.00 e. The van der Waals surface area contributed by atoms with E-state index in [4.69, 9.17) is 16.0 Å². The Morgan fingerprint density at radius 2 is 0.875 bits per heavy atom. The summed E-state index contributed by atoms with van der Waals surface area (Å²) in [4.78, 5) is 0. The van der Waals surface area contributed by atoms with E-state index >= 15 is 0 Å². The van der Waals surface area contributed by atoms with Gasteiger partial charge in [0.25, 0.3) is 0 Å². The van der Waals surface area contributed by atoms with Crippen molar-refractivity contribution in [2.24, 2.45) is 0 Å². The minimum Gasteiger partial charge on any atom is 1.00 e. The Bertz CT molecular complexity index is 57.4. The van der Waals surface area contributed by atoms with E-state index in [9.17, 15) is 0 Å². The molecule has 0 aliphatic rings. The van der Waals surface area contributed by atoms with Crippen molar-refractivity contribution in [1.82, 2.24) is 0 Å². The van der Waals surface area contributed by atoms with Crippen LogP contribution in [0.3, 0.4) is 0 Å². The molecule has 0 aliphatic carbocycles. The summed E-state index contributed by atoms with van der Waals surface area (Å²) < 4.78 is 34.4. The molecule has 62 valence electrons. The molecule has 0 rings (SSSR count). The average Bonchev–Trinajstić information content (AvgIpc) is 0.722. The van der Waals surface area contributed by atoms with Crippen LogP contribution in [0.5, 0.6) is 0 Å². The van der Waals surface area contributed by atoms with Gasteiger partial charge in [0, 0.05) is 0 Å². The molecule has 0 aliphatic heterocycles. The first kappa shape index (κ1) is 22.6. The smallest absolute Gasteiger partial charge is 1.00 e. The molecule has 4 nitrogen and oxygen atoms in total. The fourth-order valence-corrected chi connectivity index (χ4v) is 0. The molecule has 0 saturated heterocycles. The first-order chi connectivity index (χ1) is 2.00. The molecule has 0 aromatic carbocycles. The summed E-state index contributed by atoms with van der Waals surface area (Å²) in [6.07, 6.45) is 0. The van der Waals surface area contributed by atoms with Gasteiger partial charge >= 0.3 is 81.7 Å². The predicted octanol–water partition coefficient (Wildman–Crippen LogP) is -4.07. The third kappa shape index (κ3) is 112. The average molecular weight is 330 g/mol. The zero-order valence-corrected chi connectivity index (χ0v) is 7.69. The molecule has 0 heterocycles. The predicted molar refractivity (Wildman–Crippen MR) is 6.44 cm³/mol. The van der Waals surface area contributed by atoms with Crippen LogP contribution >= 0.6 is 0 Å². The van der Waals surface area contributed by atoms with E-state index in [0.29, 0.717) is 0 Å². The topological polar surface area (TPSA) is 86.2 Å². The Morgan fingerprint density at radius 3 is 0.875 bits per heavy atom. The van der Waals surface area contributed by atoms with Crippen LogP contribution in [0.15, 0.2) is 0 Å². The quantitative estimate of drug-likeness (QED) is 0.423. The second-order valence-electron chi connectivity index (χ2n) is 0.447. The monoisotopic (exact) mass is 328 g/mol. The Balaban J connectivity index is -0.0000000267. The van der Waals surface area contributed by atoms with Gasteiger partial charge in [-0.3, -0.25) is 0 Å². The van der Waals surface area contributed by atoms with Gasteiger partial charge in [0.2, 0.25) is 0 Å². The van der Waals surface area contributed by atoms with E-state index in [2.05, 4.69) is 0 Å². The second kappa shape index (κ2) is 8.80. The van der Waals surface area contributed by atoms with Crippen molar-refractivity contribution in [2.75, 3.05) is 0 Å². The minimum absolute atomic E-state index is 0. The summed E-state index contributed by atoms with van der Waals surface area (Å²) in [6, 6.07) is 0. The van der Waals surface area contributed by atoms with Gasteiger partial charge in [0.1, 0.15) is 0 Å². The number of hydrogen-bond acceptors (Lipinski definition) is 4. The summed E-state index contributed by atoms with van der Waals surface area (Å²) in [6.45, 7) is 0. The molecule has 8 heavy (non-hydrogen) atoms. The van der Waals surface area contributed by atoms with E-state index in [-0.39, 0.29) is 51.2 Å². The molecule has 0 fully saturated rings. The molecule has 0 aromatic heterocycles. The normalized spacial score (nSPS) is 7.38. The van der Waals surface area contributed by atoms with Gasteiger partial charge in [-0.05, 0) is 0 Å². The summed E-state index contributed by atoms with van der Waals surface area (Å²) in [5, 5.41) is 0. The van der Waals surface area contributed by atoms with E-state index in [1.165, 1.54) is 0 Å². The van der Waals surface area contributed by atoms with Crippen LogP contribution in [0.2, 0.25) is 0 Å². The third-order valence-electron chi connectivity index (χ3n) is 0. The summed E-state index contributed by atoms with van der Waals surface area (Å²) in [5.74, 6) is 0. The molecule has 8 heteroatoms. The van der Waals surface area contributed by atoms with Crippen LogP contribution in [0.4, 0.5) is 0 Å². The van der Waals surface area contributed by atoms with E-state index in [0.717, 1.165) is 0 Å². The zero-order chi connectivity index (χ0) is 4.50. The van der Waals surface area contributed by atoms with Gasteiger partial charge in [-0.1, -0.05) is 0 Å². The van der Waals surface area contributed by atoms with Crippen molar-refractivity contribution in [2.45, 2.75) is 0 Å². The Kier molecular flexibility index (Phi) is 24.8. The molecular weight excluding hydrogens is 330 g/mol. The van der Waals surface area contributed by atoms with Crippen LogP contribution in [0.1, 0.15) is 0 Å². The molecule has 0 spiro atoms. The maximum Gasteiger partial charge on any atom is 1.00 e. The molecule has 0 amide bonds. The first-order valence-electron chi connectivity index (χ1n) is 0.730. The van der Waals surface area contributed by atoms with Crippen LogP contribution in [0.25, 0.3) is 0 Å². The van der Waals surface area contributed by atoms with E-state index < -0.39 is 14.5 Å². The van der Waals surface area contributed by atoms with Crippen molar-refractivity contribution < 1.29 is 67.2 Å². The fourth-order valence-electron chi connectivity index (χ4n) is 0. The molecule has 0 unspecified atom stereocenters. The zero-order valence-electron chi connectivity index (χ0n) is 2.98. The van der Waals surface area contributed by atoms with E-state index in [1.54, 1.807) is 0 Å². The van der Waals surface area contributed by atoms with Crippen LogP contribution in [0, 0.1) is 0 Å². The third-order valence-corrected chi connectivity index (χ3v) is 0.